The van der Waals surface area contributed by atoms with Crippen LogP contribution in [0.4, 0.5) is 11.4 Å². The number of aryl methyl sites for hydroxylation is 2. The second-order valence-electron chi connectivity index (χ2n) is 6.15. The molecule has 0 atom stereocenters. The standard InChI is InChI=1S/C19H18N6O3/c1-11-7-12(9-21-8-11)18(27)23-13-3-5-14(6-4-13)24-19(28)16-15(17(20)26)22-10-25(16)2/h3-10H,1-2H3,(H2,20,26)(H,23,27)(H,24,28). The Balaban J connectivity index is 1.69. The second-order valence-corrected chi connectivity index (χ2v) is 6.15. The van der Waals surface area contributed by atoms with E-state index in [0.717, 1.165) is 5.56 Å². The highest BCUT2D eigenvalue weighted by Gasteiger charge is 2.20. The molecule has 0 saturated heterocycles. The topological polar surface area (TPSA) is 132 Å². The van der Waals surface area contributed by atoms with Crippen LogP contribution in [0.2, 0.25) is 0 Å². The van der Waals surface area contributed by atoms with Gasteiger partial charge in [-0.05, 0) is 42.8 Å². The van der Waals surface area contributed by atoms with Gasteiger partial charge in [0.1, 0.15) is 5.69 Å². The molecule has 3 aromatic rings. The van der Waals surface area contributed by atoms with Crippen LogP contribution in [0.15, 0.2) is 49.1 Å². The van der Waals surface area contributed by atoms with Crippen molar-refractivity contribution in [2.45, 2.75) is 6.92 Å². The average Bonchev–Trinajstić information content (AvgIpc) is 3.05. The maximum absolute atomic E-state index is 12.4. The summed E-state index contributed by atoms with van der Waals surface area (Å²) >= 11 is 0. The summed E-state index contributed by atoms with van der Waals surface area (Å²) in [6, 6.07) is 8.29. The Hall–Kier alpha value is -4.01. The third kappa shape index (κ3) is 4.04. The fourth-order valence-corrected chi connectivity index (χ4v) is 2.59. The van der Waals surface area contributed by atoms with Crippen molar-refractivity contribution in [2.75, 3.05) is 10.6 Å². The average molecular weight is 378 g/mol. The van der Waals surface area contributed by atoms with E-state index in [2.05, 4.69) is 20.6 Å². The number of nitrogens with two attached hydrogens (primary N) is 1. The van der Waals surface area contributed by atoms with Gasteiger partial charge >= 0.3 is 0 Å². The first-order chi connectivity index (χ1) is 13.3. The van der Waals surface area contributed by atoms with Gasteiger partial charge in [-0.2, -0.15) is 0 Å². The lowest BCUT2D eigenvalue weighted by molar-refractivity contribution is 0.0970. The predicted octanol–water partition coefficient (Wildman–Crippen LogP) is 1.73. The number of nitrogens with zero attached hydrogens (tertiary/aromatic N) is 3. The minimum absolute atomic E-state index is 0.0665. The van der Waals surface area contributed by atoms with Crippen LogP contribution in [0.25, 0.3) is 0 Å². The maximum atomic E-state index is 12.4. The summed E-state index contributed by atoms with van der Waals surface area (Å²) in [6.07, 6.45) is 4.50. The lowest BCUT2D eigenvalue weighted by Gasteiger charge is -2.09. The molecule has 142 valence electrons. The van der Waals surface area contributed by atoms with E-state index in [-0.39, 0.29) is 17.3 Å². The van der Waals surface area contributed by atoms with E-state index < -0.39 is 11.8 Å². The molecule has 0 radical (unpaired) electrons. The molecule has 28 heavy (non-hydrogen) atoms. The molecule has 4 N–H and O–H groups in total. The lowest BCUT2D eigenvalue weighted by atomic mass is 10.2. The summed E-state index contributed by atoms with van der Waals surface area (Å²) in [6.45, 7) is 1.85. The number of benzene rings is 1. The monoisotopic (exact) mass is 378 g/mol. The quantitative estimate of drug-likeness (QED) is 0.622. The third-order valence-corrected chi connectivity index (χ3v) is 3.92. The number of nitrogens with one attached hydrogen (secondary N) is 2. The molecule has 2 aromatic heterocycles. The zero-order valence-electron chi connectivity index (χ0n) is 15.3. The Morgan fingerprint density at radius 2 is 1.61 bits per heavy atom. The first-order valence-electron chi connectivity index (χ1n) is 8.30. The van der Waals surface area contributed by atoms with Crippen LogP contribution < -0.4 is 16.4 Å². The Morgan fingerprint density at radius 3 is 2.18 bits per heavy atom. The summed E-state index contributed by atoms with van der Waals surface area (Å²) in [5.41, 5.74) is 7.59. The highest BCUT2D eigenvalue weighted by molar-refractivity contribution is 6.10. The molecular formula is C19H18N6O3. The van der Waals surface area contributed by atoms with E-state index in [0.29, 0.717) is 16.9 Å². The minimum atomic E-state index is -0.783. The van der Waals surface area contributed by atoms with Crippen LogP contribution in [0, 0.1) is 6.92 Å². The van der Waals surface area contributed by atoms with Crippen LogP contribution in [0.3, 0.4) is 0 Å². The number of amides is 3. The van der Waals surface area contributed by atoms with Gasteiger partial charge in [-0.1, -0.05) is 0 Å². The Morgan fingerprint density at radius 1 is 1.00 bits per heavy atom. The van der Waals surface area contributed by atoms with Gasteiger partial charge < -0.3 is 20.9 Å². The molecule has 3 amide bonds. The van der Waals surface area contributed by atoms with Gasteiger partial charge in [0.05, 0.1) is 11.9 Å². The van der Waals surface area contributed by atoms with Crippen molar-refractivity contribution in [2.24, 2.45) is 12.8 Å². The lowest BCUT2D eigenvalue weighted by Crippen LogP contribution is -2.22. The molecule has 3 rings (SSSR count). The molecule has 2 heterocycles. The number of carbonyl (C=O) groups excluding carboxylic acids is 3. The van der Waals surface area contributed by atoms with Crippen LogP contribution in [-0.4, -0.2) is 32.3 Å². The van der Waals surface area contributed by atoms with Crippen molar-refractivity contribution in [3.8, 4) is 0 Å². The number of pyridine rings is 1. The van der Waals surface area contributed by atoms with E-state index in [4.69, 9.17) is 5.73 Å². The van der Waals surface area contributed by atoms with Crippen LogP contribution in [0.1, 0.15) is 36.9 Å². The number of imidazole rings is 1. The number of carbonyl (C=O) groups is 3. The molecule has 0 aliphatic heterocycles. The first kappa shape index (κ1) is 18.8. The van der Waals surface area contributed by atoms with Crippen molar-refractivity contribution in [3.63, 3.8) is 0 Å². The van der Waals surface area contributed by atoms with E-state index >= 15 is 0 Å². The molecule has 1 aromatic carbocycles. The Labute approximate surface area is 160 Å². The molecule has 0 fully saturated rings. The number of primary amides is 1. The van der Waals surface area contributed by atoms with Gasteiger partial charge in [0.2, 0.25) is 0 Å². The van der Waals surface area contributed by atoms with E-state index in [1.807, 2.05) is 6.92 Å². The third-order valence-electron chi connectivity index (χ3n) is 3.92. The van der Waals surface area contributed by atoms with Gasteiger partial charge in [0.25, 0.3) is 17.7 Å². The van der Waals surface area contributed by atoms with Gasteiger partial charge in [-0.3, -0.25) is 19.4 Å². The molecule has 0 aliphatic carbocycles. The van der Waals surface area contributed by atoms with Gasteiger partial charge in [0, 0.05) is 30.8 Å². The van der Waals surface area contributed by atoms with E-state index in [1.165, 1.54) is 17.1 Å². The maximum Gasteiger partial charge on any atom is 0.274 e. The molecular weight excluding hydrogens is 360 g/mol. The van der Waals surface area contributed by atoms with Gasteiger partial charge in [-0.15, -0.1) is 0 Å². The van der Waals surface area contributed by atoms with Crippen molar-refractivity contribution < 1.29 is 14.4 Å². The van der Waals surface area contributed by atoms with Crippen molar-refractivity contribution >= 4 is 29.1 Å². The molecule has 9 nitrogen and oxygen atoms in total. The summed E-state index contributed by atoms with van der Waals surface area (Å²) in [5.74, 6) is -1.58. The van der Waals surface area contributed by atoms with E-state index in [1.54, 1.807) is 43.6 Å². The summed E-state index contributed by atoms with van der Waals surface area (Å²) in [4.78, 5) is 43.9. The summed E-state index contributed by atoms with van der Waals surface area (Å²) in [7, 11) is 1.59. The minimum Gasteiger partial charge on any atom is -0.364 e. The van der Waals surface area contributed by atoms with Crippen molar-refractivity contribution in [1.29, 1.82) is 0 Å². The zero-order valence-corrected chi connectivity index (χ0v) is 15.3. The fraction of sp³-hybridized carbons (Fsp3) is 0.105. The van der Waals surface area contributed by atoms with Gasteiger partial charge in [-0.25, -0.2) is 4.98 Å². The smallest absolute Gasteiger partial charge is 0.274 e. The molecule has 0 aliphatic rings. The molecule has 0 unspecified atom stereocenters. The summed E-state index contributed by atoms with van der Waals surface area (Å²) in [5, 5.41) is 5.43. The number of rotatable bonds is 5. The zero-order chi connectivity index (χ0) is 20.3. The highest BCUT2D eigenvalue weighted by atomic mass is 16.2. The predicted molar refractivity (Wildman–Crippen MR) is 103 cm³/mol. The highest BCUT2D eigenvalue weighted by Crippen LogP contribution is 2.16. The second kappa shape index (κ2) is 7.70. The fourth-order valence-electron chi connectivity index (χ4n) is 2.59. The van der Waals surface area contributed by atoms with Crippen LogP contribution >= 0.6 is 0 Å². The SMILES string of the molecule is Cc1cncc(C(=O)Nc2ccc(NC(=O)c3c(C(N)=O)ncn3C)cc2)c1. The largest absolute Gasteiger partial charge is 0.364 e. The van der Waals surface area contributed by atoms with E-state index in [9.17, 15) is 14.4 Å². The number of hydrogen-bond acceptors (Lipinski definition) is 5. The molecule has 0 saturated carbocycles. The van der Waals surface area contributed by atoms with Crippen LogP contribution in [-0.2, 0) is 7.05 Å². The van der Waals surface area contributed by atoms with Crippen molar-refractivity contribution in [1.82, 2.24) is 14.5 Å². The first-order valence-corrected chi connectivity index (χ1v) is 8.30. The Bertz CT molecular complexity index is 1060. The number of aromatic nitrogens is 3. The van der Waals surface area contributed by atoms with Crippen LogP contribution in [0.5, 0.6) is 0 Å². The normalized spacial score (nSPS) is 10.4. The number of anilines is 2. The van der Waals surface area contributed by atoms with Gasteiger partial charge in [0.15, 0.2) is 5.69 Å². The molecule has 9 heteroatoms. The molecule has 0 spiro atoms. The Kier molecular flexibility index (Phi) is 5.16. The number of hydrogen-bond donors (Lipinski definition) is 3. The summed E-state index contributed by atoms with van der Waals surface area (Å²) < 4.78 is 1.42. The van der Waals surface area contributed by atoms with Crippen molar-refractivity contribution in [3.05, 3.63) is 71.6 Å². The molecule has 0 bridgehead atoms.